The Morgan fingerprint density at radius 2 is 2.07 bits per heavy atom. The average Bonchev–Trinajstić information content (AvgIpc) is 2.84. The highest BCUT2D eigenvalue weighted by Gasteiger charge is 2.33. The van der Waals surface area contributed by atoms with Crippen molar-refractivity contribution in [3.05, 3.63) is 48.0 Å². The summed E-state index contributed by atoms with van der Waals surface area (Å²) in [7, 11) is 0. The zero-order valence-corrected chi connectivity index (χ0v) is 8.05. The molecule has 1 aromatic carbocycles. The molecule has 0 amide bonds. The molecule has 0 saturated heterocycles. The average molecular weight is 203 g/mol. The van der Waals surface area contributed by atoms with Crippen LogP contribution in [0.2, 0.25) is 0 Å². The number of aromatic nitrogens is 3. The molecule has 0 radical (unpaired) electrons. The third-order valence-corrected chi connectivity index (χ3v) is 2.79. The Morgan fingerprint density at radius 3 is 2.87 bits per heavy atom. The molecule has 4 heteroatoms. The largest absolute Gasteiger partial charge is 0.240 e. The molecule has 3 rings (SSSR count). The van der Waals surface area contributed by atoms with Crippen LogP contribution in [0.3, 0.4) is 0 Å². The minimum absolute atomic E-state index is 0.00120. The van der Waals surface area contributed by atoms with E-state index < -0.39 is 6.17 Å². The highest BCUT2D eigenvalue weighted by Crippen LogP contribution is 2.38. The van der Waals surface area contributed by atoms with Crippen LogP contribution in [-0.4, -0.2) is 14.8 Å². The maximum Gasteiger partial charge on any atom is 0.162 e. The number of halogens is 1. The number of benzene rings is 1. The van der Waals surface area contributed by atoms with Gasteiger partial charge in [-0.2, -0.15) is 5.10 Å². The van der Waals surface area contributed by atoms with Crippen LogP contribution in [-0.2, 0) is 0 Å². The van der Waals surface area contributed by atoms with Gasteiger partial charge in [0, 0.05) is 6.42 Å². The van der Waals surface area contributed by atoms with Gasteiger partial charge in [0.2, 0.25) is 0 Å². The van der Waals surface area contributed by atoms with Gasteiger partial charge in [0.1, 0.15) is 6.33 Å². The third-order valence-electron chi connectivity index (χ3n) is 2.79. The van der Waals surface area contributed by atoms with Crippen molar-refractivity contribution < 1.29 is 4.39 Å². The van der Waals surface area contributed by atoms with Crippen molar-refractivity contribution in [2.75, 3.05) is 0 Å². The minimum Gasteiger partial charge on any atom is -0.240 e. The maximum atomic E-state index is 13.6. The van der Waals surface area contributed by atoms with Crippen LogP contribution in [0.5, 0.6) is 0 Å². The van der Waals surface area contributed by atoms with Crippen LogP contribution in [0.4, 0.5) is 4.39 Å². The van der Waals surface area contributed by atoms with Gasteiger partial charge in [-0.05, 0) is 5.56 Å². The molecule has 3 nitrogen and oxygen atoms in total. The summed E-state index contributed by atoms with van der Waals surface area (Å²) in [4.78, 5) is 3.93. The van der Waals surface area contributed by atoms with Gasteiger partial charge >= 0.3 is 0 Å². The molecule has 0 spiro atoms. The number of nitrogens with zero attached hydrogens (tertiary/aromatic N) is 3. The highest BCUT2D eigenvalue weighted by atomic mass is 19.1. The van der Waals surface area contributed by atoms with Crippen molar-refractivity contribution in [3.63, 3.8) is 0 Å². The second-order valence-electron chi connectivity index (χ2n) is 3.69. The predicted octanol–water partition coefficient (Wildman–Crippen LogP) is 2.28. The van der Waals surface area contributed by atoms with Gasteiger partial charge in [-0.3, -0.25) is 0 Å². The van der Waals surface area contributed by atoms with Gasteiger partial charge < -0.3 is 0 Å². The van der Waals surface area contributed by atoms with Gasteiger partial charge in [-0.15, -0.1) is 0 Å². The van der Waals surface area contributed by atoms with Crippen molar-refractivity contribution >= 4 is 0 Å². The molecule has 0 aliphatic carbocycles. The third kappa shape index (κ3) is 1.25. The summed E-state index contributed by atoms with van der Waals surface area (Å²) >= 11 is 0. The lowest BCUT2D eigenvalue weighted by Crippen LogP contribution is -2.06. The van der Waals surface area contributed by atoms with E-state index >= 15 is 0 Å². The molecule has 2 aromatic rings. The molecule has 1 aliphatic heterocycles. The zero-order valence-electron chi connectivity index (χ0n) is 8.05. The first-order valence-electron chi connectivity index (χ1n) is 4.94. The summed E-state index contributed by atoms with van der Waals surface area (Å²) in [5.74, 6) is 0.448. The summed E-state index contributed by atoms with van der Waals surface area (Å²) in [5, 5.41) is 4.07. The van der Waals surface area contributed by atoms with Gasteiger partial charge in [-0.1, -0.05) is 30.3 Å². The van der Waals surface area contributed by atoms with E-state index in [9.17, 15) is 4.39 Å². The molecular formula is C11H10FN3. The van der Waals surface area contributed by atoms with Crippen molar-refractivity contribution in [1.29, 1.82) is 0 Å². The van der Waals surface area contributed by atoms with Gasteiger partial charge in [0.15, 0.2) is 12.0 Å². The Bertz CT molecular complexity index is 466. The maximum absolute atomic E-state index is 13.6. The van der Waals surface area contributed by atoms with E-state index in [4.69, 9.17) is 0 Å². The molecule has 1 aromatic heterocycles. The Morgan fingerprint density at radius 1 is 1.27 bits per heavy atom. The molecular weight excluding hydrogens is 193 g/mol. The van der Waals surface area contributed by atoms with E-state index in [1.54, 1.807) is 4.68 Å². The molecule has 76 valence electrons. The predicted molar refractivity (Wildman–Crippen MR) is 53.1 cm³/mol. The lowest BCUT2D eigenvalue weighted by molar-refractivity contribution is 0.328. The molecule has 2 atom stereocenters. The number of fused-ring (bicyclic) bond motifs is 1. The minimum atomic E-state index is -0.988. The van der Waals surface area contributed by atoms with Crippen molar-refractivity contribution in [2.24, 2.45) is 0 Å². The van der Waals surface area contributed by atoms with Crippen molar-refractivity contribution in [3.8, 4) is 0 Å². The smallest absolute Gasteiger partial charge is 0.162 e. The lowest BCUT2D eigenvalue weighted by Gasteiger charge is -2.10. The fourth-order valence-electron chi connectivity index (χ4n) is 2.08. The van der Waals surface area contributed by atoms with E-state index in [1.807, 2.05) is 30.3 Å². The second-order valence-corrected chi connectivity index (χ2v) is 3.69. The van der Waals surface area contributed by atoms with Crippen LogP contribution < -0.4 is 0 Å². The molecule has 2 heterocycles. The molecule has 0 saturated carbocycles. The van der Waals surface area contributed by atoms with Crippen molar-refractivity contribution in [1.82, 2.24) is 14.8 Å². The Kier molecular flexibility index (Phi) is 1.80. The Labute approximate surface area is 86.6 Å². The molecule has 15 heavy (non-hydrogen) atoms. The number of hydrogen-bond acceptors (Lipinski definition) is 2. The Hall–Kier alpha value is -1.71. The van der Waals surface area contributed by atoms with Crippen LogP contribution in [0, 0.1) is 0 Å². The molecule has 0 N–H and O–H groups in total. The Balaban J connectivity index is 2.05. The topological polar surface area (TPSA) is 30.7 Å². The van der Waals surface area contributed by atoms with E-state index in [0.29, 0.717) is 12.2 Å². The summed E-state index contributed by atoms with van der Waals surface area (Å²) < 4.78 is 15.2. The quantitative estimate of drug-likeness (QED) is 0.711. The number of rotatable bonds is 1. The zero-order chi connectivity index (χ0) is 10.3. The summed E-state index contributed by atoms with van der Waals surface area (Å²) in [6.07, 6.45) is 0.870. The first kappa shape index (κ1) is 8.59. The highest BCUT2D eigenvalue weighted by molar-refractivity contribution is 5.22. The molecule has 1 aliphatic rings. The number of hydrogen-bond donors (Lipinski definition) is 0. The van der Waals surface area contributed by atoms with E-state index in [-0.39, 0.29) is 6.04 Å². The van der Waals surface area contributed by atoms with Crippen molar-refractivity contribution in [2.45, 2.75) is 18.6 Å². The first-order valence-corrected chi connectivity index (χ1v) is 4.94. The summed E-state index contributed by atoms with van der Waals surface area (Å²) in [6, 6.07) is 9.85. The SMILES string of the molecule is F[C@H]1C[C@@H](c2ccccc2)n2ncnc21. The fraction of sp³-hybridized carbons (Fsp3) is 0.273. The second kappa shape index (κ2) is 3.15. The van der Waals surface area contributed by atoms with Gasteiger partial charge in [-0.25, -0.2) is 14.1 Å². The van der Waals surface area contributed by atoms with E-state index in [0.717, 1.165) is 5.56 Å². The molecule has 0 unspecified atom stereocenters. The van der Waals surface area contributed by atoms with Crippen LogP contribution >= 0.6 is 0 Å². The van der Waals surface area contributed by atoms with Crippen LogP contribution in [0.25, 0.3) is 0 Å². The molecule has 0 fully saturated rings. The fourth-order valence-corrected chi connectivity index (χ4v) is 2.08. The van der Waals surface area contributed by atoms with Gasteiger partial charge in [0.05, 0.1) is 6.04 Å². The van der Waals surface area contributed by atoms with Crippen LogP contribution in [0.15, 0.2) is 36.7 Å². The van der Waals surface area contributed by atoms with Crippen LogP contribution in [0.1, 0.15) is 30.0 Å². The molecule has 0 bridgehead atoms. The first-order chi connectivity index (χ1) is 7.36. The summed E-state index contributed by atoms with van der Waals surface area (Å²) in [6.45, 7) is 0. The van der Waals surface area contributed by atoms with Gasteiger partial charge in [0.25, 0.3) is 0 Å². The van der Waals surface area contributed by atoms with E-state index in [1.165, 1.54) is 6.33 Å². The summed E-state index contributed by atoms with van der Waals surface area (Å²) in [5.41, 5.74) is 1.09. The standard InChI is InChI=1S/C11H10FN3/c12-9-6-10(8-4-2-1-3-5-8)15-11(9)13-7-14-15/h1-5,7,9-10H,6H2/t9-,10-/m0/s1. The number of alkyl halides is 1. The lowest BCUT2D eigenvalue weighted by atomic mass is 10.0. The van der Waals surface area contributed by atoms with E-state index in [2.05, 4.69) is 10.1 Å². The monoisotopic (exact) mass is 203 g/mol. The normalized spacial score (nSPS) is 24.1.